The third kappa shape index (κ3) is 4.43. The van der Waals surface area contributed by atoms with Gasteiger partial charge in [-0.2, -0.15) is 0 Å². The van der Waals surface area contributed by atoms with E-state index in [0.717, 1.165) is 35.5 Å². The number of benzene rings is 1. The molecule has 0 aliphatic carbocycles. The molecule has 2 rings (SSSR count). The summed E-state index contributed by atoms with van der Waals surface area (Å²) in [6, 6.07) is 2.00. The zero-order valence-corrected chi connectivity index (χ0v) is 15.0. The van der Waals surface area contributed by atoms with Gasteiger partial charge in [-0.3, -0.25) is 0 Å². The van der Waals surface area contributed by atoms with Gasteiger partial charge in [0.15, 0.2) is 0 Å². The van der Waals surface area contributed by atoms with Crippen molar-refractivity contribution in [3.63, 3.8) is 0 Å². The molecule has 1 amide bonds. The average Bonchev–Trinajstić information content (AvgIpc) is 2.97. The first kappa shape index (κ1) is 18.2. The lowest BCUT2D eigenvalue weighted by molar-refractivity contribution is 0.0528. The molecule has 1 N–H and O–H groups in total. The van der Waals surface area contributed by atoms with E-state index in [0.29, 0.717) is 19.6 Å². The van der Waals surface area contributed by atoms with E-state index in [2.05, 4.69) is 11.9 Å². The van der Waals surface area contributed by atoms with Gasteiger partial charge in [-0.05, 0) is 45.2 Å². The predicted octanol–water partition coefficient (Wildman–Crippen LogP) is 3.43. The van der Waals surface area contributed by atoms with Crippen molar-refractivity contribution in [3.05, 3.63) is 35.4 Å². The quantitative estimate of drug-likeness (QED) is 0.811. The van der Waals surface area contributed by atoms with Crippen LogP contribution in [0.25, 0.3) is 0 Å². The van der Waals surface area contributed by atoms with E-state index in [1.54, 1.807) is 7.11 Å². The van der Waals surface area contributed by atoms with Gasteiger partial charge in [0.2, 0.25) is 0 Å². The molecule has 24 heavy (non-hydrogen) atoms. The number of carbonyl (C=O) groups excluding carboxylic acids is 1. The smallest absolute Gasteiger partial charge is 0.407 e. The number of methoxy groups -OCH3 is 1. The second-order valence-corrected chi connectivity index (χ2v) is 6.79. The van der Waals surface area contributed by atoms with Gasteiger partial charge in [-0.15, -0.1) is 6.58 Å². The first-order valence-electron chi connectivity index (χ1n) is 8.28. The van der Waals surface area contributed by atoms with E-state index in [9.17, 15) is 4.79 Å². The molecule has 132 valence electrons. The Morgan fingerprint density at radius 1 is 1.46 bits per heavy atom. The third-order valence-corrected chi connectivity index (χ3v) is 3.76. The number of allylic oxidation sites excluding steroid dienone is 1. The minimum Gasteiger partial charge on any atom is -0.496 e. The Kier molecular flexibility index (Phi) is 5.75. The Labute approximate surface area is 144 Å². The van der Waals surface area contributed by atoms with Crippen molar-refractivity contribution in [2.45, 2.75) is 45.6 Å². The molecule has 1 aromatic carbocycles. The summed E-state index contributed by atoms with van der Waals surface area (Å²) in [7, 11) is 1.67. The lowest BCUT2D eigenvalue weighted by Crippen LogP contribution is -2.33. The highest BCUT2D eigenvalue weighted by Gasteiger charge is 2.23. The number of fused-ring (bicyclic) bond motifs is 1. The van der Waals surface area contributed by atoms with Gasteiger partial charge >= 0.3 is 6.09 Å². The summed E-state index contributed by atoms with van der Waals surface area (Å²) in [5.41, 5.74) is 2.89. The highest BCUT2D eigenvalue weighted by molar-refractivity contribution is 5.67. The fourth-order valence-electron chi connectivity index (χ4n) is 2.84. The summed E-state index contributed by atoms with van der Waals surface area (Å²) >= 11 is 0. The number of hydrogen-bond donors (Lipinski definition) is 1. The molecular weight excluding hydrogens is 306 g/mol. The molecule has 0 saturated carbocycles. The number of ether oxygens (including phenoxy) is 3. The number of alkyl carbamates (subject to hydrolysis) is 1. The number of nitrogens with one attached hydrogen (secondary N) is 1. The van der Waals surface area contributed by atoms with Crippen molar-refractivity contribution in [1.29, 1.82) is 0 Å². The molecule has 0 bridgehead atoms. The van der Waals surface area contributed by atoms with Crippen molar-refractivity contribution in [2.24, 2.45) is 0 Å². The van der Waals surface area contributed by atoms with Gasteiger partial charge in [0.05, 0.1) is 13.7 Å². The van der Waals surface area contributed by atoms with Gasteiger partial charge in [0, 0.05) is 24.1 Å². The number of rotatable bonds is 6. The molecule has 1 aliphatic rings. The molecule has 0 saturated heterocycles. The molecule has 5 heteroatoms. The van der Waals surface area contributed by atoms with Crippen LogP contribution in [0.3, 0.4) is 0 Å². The van der Waals surface area contributed by atoms with E-state index < -0.39 is 11.7 Å². The Morgan fingerprint density at radius 3 is 2.83 bits per heavy atom. The maximum atomic E-state index is 11.7. The Hall–Kier alpha value is -2.17. The summed E-state index contributed by atoms with van der Waals surface area (Å²) in [5, 5.41) is 2.78. The second kappa shape index (κ2) is 7.60. The van der Waals surface area contributed by atoms with Crippen LogP contribution in [0.5, 0.6) is 11.5 Å². The van der Waals surface area contributed by atoms with Crippen LogP contribution in [0.2, 0.25) is 0 Å². The largest absolute Gasteiger partial charge is 0.496 e. The van der Waals surface area contributed by atoms with Crippen molar-refractivity contribution in [1.82, 2.24) is 5.32 Å². The maximum Gasteiger partial charge on any atom is 0.407 e. The summed E-state index contributed by atoms with van der Waals surface area (Å²) in [6.45, 7) is 10.5. The van der Waals surface area contributed by atoms with E-state index in [1.807, 2.05) is 32.9 Å². The minimum absolute atomic E-state index is 0.407. The Morgan fingerprint density at radius 2 is 2.21 bits per heavy atom. The zero-order chi connectivity index (χ0) is 17.7. The molecule has 1 aliphatic heterocycles. The molecule has 0 spiro atoms. The predicted molar refractivity (Wildman–Crippen MR) is 94.0 cm³/mol. The monoisotopic (exact) mass is 333 g/mol. The van der Waals surface area contributed by atoms with Crippen LogP contribution in [0, 0.1) is 0 Å². The number of amides is 1. The molecule has 0 radical (unpaired) electrons. The summed E-state index contributed by atoms with van der Waals surface area (Å²) in [4.78, 5) is 11.7. The number of hydrogen-bond acceptors (Lipinski definition) is 4. The topological polar surface area (TPSA) is 56.8 Å². The highest BCUT2D eigenvalue weighted by Crippen LogP contribution is 2.38. The summed E-state index contributed by atoms with van der Waals surface area (Å²) in [5.74, 6) is 1.78. The van der Waals surface area contributed by atoms with Crippen LogP contribution in [0.4, 0.5) is 4.79 Å². The SMILES string of the molecule is C=CCc1c(OC)cc(CCNC(=O)OC(C)(C)C)c2c1CCO2. The Bertz CT molecular complexity index is 617. The van der Waals surface area contributed by atoms with E-state index in [4.69, 9.17) is 14.2 Å². The lowest BCUT2D eigenvalue weighted by Gasteiger charge is -2.20. The van der Waals surface area contributed by atoms with Crippen LogP contribution in [0.1, 0.15) is 37.5 Å². The van der Waals surface area contributed by atoms with Crippen molar-refractivity contribution in [2.75, 3.05) is 20.3 Å². The summed E-state index contributed by atoms with van der Waals surface area (Å²) < 4.78 is 16.6. The van der Waals surface area contributed by atoms with Crippen LogP contribution in [0.15, 0.2) is 18.7 Å². The van der Waals surface area contributed by atoms with Crippen LogP contribution in [-0.4, -0.2) is 32.0 Å². The first-order chi connectivity index (χ1) is 11.4. The van der Waals surface area contributed by atoms with Crippen LogP contribution in [-0.2, 0) is 24.0 Å². The third-order valence-electron chi connectivity index (χ3n) is 3.76. The summed E-state index contributed by atoms with van der Waals surface area (Å²) in [6.07, 6.45) is 3.76. The van der Waals surface area contributed by atoms with Gasteiger partial charge in [0.25, 0.3) is 0 Å². The van der Waals surface area contributed by atoms with E-state index >= 15 is 0 Å². The van der Waals surface area contributed by atoms with Crippen molar-refractivity contribution < 1.29 is 19.0 Å². The van der Waals surface area contributed by atoms with Gasteiger partial charge in [-0.25, -0.2) is 4.79 Å². The van der Waals surface area contributed by atoms with Gasteiger partial charge < -0.3 is 19.5 Å². The molecule has 0 atom stereocenters. The lowest BCUT2D eigenvalue weighted by atomic mass is 9.96. The molecule has 0 unspecified atom stereocenters. The second-order valence-electron chi connectivity index (χ2n) is 6.79. The van der Waals surface area contributed by atoms with Crippen molar-refractivity contribution >= 4 is 6.09 Å². The van der Waals surface area contributed by atoms with Crippen LogP contribution < -0.4 is 14.8 Å². The minimum atomic E-state index is -0.496. The molecule has 1 heterocycles. The van der Waals surface area contributed by atoms with Crippen LogP contribution >= 0.6 is 0 Å². The molecule has 0 aromatic heterocycles. The molecule has 0 fully saturated rings. The fraction of sp³-hybridized carbons (Fsp3) is 0.526. The average molecular weight is 333 g/mol. The molecular formula is C19H27NO4. The maximum absolute atomic E-state index is 11.7. The molecule has 5 nitrogen and oxygen atoms in total. The number of carbonyl (C=O) groups is 1. The molecule has 1 aromatic rings. The van der Waals surface area contributed by atoms with E-state index in [1.165, 1.54) is 5.56 Å². The standard InChI is InChI=1S/C19H27NO4/c1-6-7-14-15-9-11-23-17(15)13(12-16(14)22-5)8-10-20-18(21)24-19(2,3)4/h6,12H,1,7-11H2,2-5H3,(H,20,21). The first-order valence-corrected chi connectivity index (χ1v) is 8.28. The van der Waals surface area contributed by atoms with E-state index in [-0.39, 0.29) is 0 Å². The highest BCUT2D eigenvalue weighted by atomic mass is 16.6. The zero-order valence-electron chi connectivity index (χ0n) is 15.0. The Balaban J connectivity index is 2.10. The van der Waals surface area contributed by atoms with Gasteiger partial charge in [-0.1, -0.05) is 6.08 Å². The fourth-order valence-corrected chi connectivity index (χ4v) is 2.84. The van der Waals surface area contributed by atoms with Gasteiger partial charge in [0.1, 0.15) is 17.1 Å². The normalized spacial score (nSPS) is 13.0. The van der Waals surface area contributed by atoms with Crippen molar-refractivity contribution in [3.8, 4) is 11.5 Å².